The Bertz CT molecular complexity index is 862. The molecular formula is C18H19N3O2S2. The molecule has 7 heteroatoms. The van der Waals surface area contributed by atoms with Crippen molar-refractivity contribution in [3.63, 3.8) is 0 Å². The number of ether oxygens (including phenoxy) is 1. The van der Waals surface area contributed by atoms with E-state index in [4.69, 9.17) is 4.74 Å². The lowest BCUT2D eigenvalue weighted by atomic mass is 10.1. The fourth-order valence-electron chi connectivity index (χ4n) is 2.34. The van der Waals surface area contributed by atoms with Gasteiger partial charge in [0.2, 0.25) is 0 Å². The minimum atomic E-state index is -0.238. The number of nitrogens with zero attached hydrogens (tertiary/aromatic N) is 1. The Morgan fingerprint density at radius 3 is 2.76 bits per heavy atom. The lowest BCUT2D eigenvalue weighted by Gasteiger charge is -2.06. The molecule has 1 heterocycles. The Morgan fingerprint density at radius 1 is 1.24 bits per heavy atom. The van der Waals surface area contributed by atoms with Crippen molar-refractivity contribution in [2.75, 3.05) is 25.2 Å². The van der Waals surface area contributed by atoms with E-state index in [9.17, 15) is 4.79 Å². The Balaban J connectivity index is 1.51. The van der Waals surface area contributed by atoms with Crippen molar-refractivity contribution < 1.29 is 9.53 Å². The number of thiazole rings is 1. The first-order chi connectivity index (χ1) is 12.2. The van der Waals surface area contributed by atoms with Gasteiger partial charge in [-0.3, -0.25) is 5.32 Å². The second-order valence-electron chi connectivity index (χ2n) is 5.33. The van der Waals surface area contributed by atoms with E-state index < -0.39 is 0 Å². The van der Waals surface area contributed by atoms with E-state index in [-0.39, 0.29) is 6.03 Å². The first kappa shape index (κ1) is 17.6. The molecule has 2 aromatic carbocycles. The summed E-state index contributed by atoms with van der Waals surface area (Å²) in [7, 11) is 1.64. The summed E-state index contributed by atoms with van der Waals surface area (Å²) in [5, 5.41) is 6.27. The highest BCUT2D eigenvalue weighted by atomic mass is 32.2. The summed E-state index contributed by atoms with van der Waals surface area (Å²) in [5.74, 6) is 0.829. The molecule has 2 amide bonds. The van der Waals surface area contributed by atoms with E-state index in [2.05, 4.69) is 21.7 Å². The molecule has 130 valence electrons. The Labute approximate surface area is 154 Å². The van der Waals surface area contributed by atoms with Gasteiger partial charge in [0.15, 0.2) is 5.13 Å². The largest absolute Gasteiger partial charge is 0.497 e. The first-order valence-corrected chi connectivity index (χ1v) is 9.84. The van der Waals surface area contributed by atoms with Crippen LogP contribution in [0.25, 0.3) is 10.2 Å². The Hall–Kier alpha value is -2.25. The molecule has 3 rings (SSSR count). The molecule has 0 unspecified atom stereocenters. The van der Waals surface area contributed by atoms with Crippen molar-refractivity contribution in [3.05, 3.63) is 48.0 Å². The number of fused-ring (bicyclic) bond motifs is 1. The van der Waals surface area contributed by atoms with E-state index in [1.54, 1.807) is 18.9 Å². The van der Waals surface area contributed by atoms with Crippen LogP contribution in [0.5, 0.6) is 5.75 Å². The third-order valence-corrected chi connectivity index (χ3v) is 5.33. The van der Waals surface area contributed by atoms with Crippen LogP contribution in [0, 0.1) is 0 Å². The molecule has 25 heavy (non-hydrogen) atoms. The van der Waals surface area contributed by atoms with Crippen LogP contribution >= 0.6 is 23.1 Å². The number of urea groups is 1. The maximum Gasteiger partial charge on any atom is 0.321 e. The van der Waals surface area contributed by atoms with Crippen LogP contribution in [0.4, 0.5) is 9.93 Å². The number of hydrogen-bond acceptors (Lipinski definition) is 5. The van der Waals surface area contributed by atoms with Gasteiger partial charge in [-0.05, 0) is 48.6 Å². The van der Waals surface area contributed by atoms with Crippen molar-refractivity contribution in [2.45, 2.75) is 11.3 Å². The predicted octanol–water partition coefficient (Wildman–Crippen LogP) is 4.39. The van der Waals surface area contributed by atoms with Gasteiger partial charge in [-0.1, -0.05) is 23.5 Å². The topological polar surface area (TPSA) is 63.2 Å². The van der Waals surface area contributed by atoms with E-state index in [1.807, 2.05) is 42.7 Å². The predicted molar refractivity (Wildman–Crippen MR) is 105 cm³/mol. The van der Waals surface area contributed by atoms with Crippen molar-refractivity contribution in [3.8, 4) is 5.75 Å². The van der Waals surface area contributed by atoms with Crippen molar-refractivity contribution in [1.82, 2.24) is 10.3 Å². The standard InChI is InChI=1S/C18H19N3O2S2/c1-23-13-5-3-12(4-6-13)9-10-19-17(22)21-18-20-15-8-7-14(24-2)11-16(15)25-18/h3-8,11H,9-10H2,1-2H3,(H2,19,20,21,22). The van der Waals surface area contributed by atoms with Crippen LogP contribution in [0.1, 0.15) is 5.56 Å². The first-order valence-electron chi connectivity index (χ1n) is 7.80. The maximum atomic E-state index is 12.0. The van der Waals surface area contributed by atoms with E-state index in [0.717, 1.165) is 28.0 Å². The number of benzene rings is 2. The monoisotopic (exact) mass is 373 g/mol. The van der Waals surface area contributed by atoms with Gasteiger partial charge in [0.05, 0.1) is 17.3 Å². The molecule has 2 N–H and O–H groups in total. The number of methoxy groups -OCH3 is 1. The van der Waals surface area contributed by atoms with E-state index >= 15 is 0 Å². The normalized spacial score (nSPS) is 10.6. The number of aromatic nitrogens is 1. The molecule has 0 saturated carbocycles. The third kappa shape index (κ3) is 4.64. The molecule has 0 fully saturated rings. The molecule has 0 radical (unpaired) electrons. The van der Waals surface area contributed by atoms with Gasteiger partial charge < -0.3 is 10.1 Å². The summed E-state index contributed by atoms with van der Waals surface area (Å²) in [5.41, 5.74) is 2.04. The zero-order chi connectivity index (χ0) is 17.6. The second-order valence-corrected chi connectivity index (χ2v) is 7.24. The number of anilines is 1. The molecule has 5 nitrogen and oxygen atoms in total. The molecule has 0 aliphatic rings. The van der Waals surface area contributed by atoms with Crippen molar-refractivity contribution in [2.24, 2.45) is 0 Å². The number of rotatable bonds is 6. The summed E-state index contributed by atoms with van der Waals surface area (Å²) < 4.78 is 6.20. The third-order valence-electron chi connectivity index (χ3n) is 3.67. The molecule has 0 spiro atoms. The molecule has 0 saturated heterocycles. The molecule has 0 aliphatic heterocycles. The number of amides is 2. The Kier molecular flexibility index (Phi) is 5.78. The van der Waals surface area contributed by atoms with E-state index in [0.29, 0.717) is 11.7 Å². The van der Waals surface area contributed by atoms with Crippen LogP contribution in [-0.2, 0) is 6.42 Å². The van der Waals surface area contributed by atoms with Crippen LogP contribution in [-0.4, -0.2) is 30.9 Å². The smallest absolute Gasteiger partial charge is 0.321 e. The molecule has 3 aromatic rings. The minimum absolute atomic E-state index is 0.238. The lowest BCUT2D eigenvalue weighted by molar-refractivity contribution is 0.252. The highest BCUT2D eigenvalue weighted by Gasteiger charge is 2.08. The number of nitrogens with one attached hydrogen (secondary N) is 2. The van der Waals surface area contributed by atoms with Crippen LogP contribution in [0.15, 0.2) is 47.4 Å². The molecule has 0 bridgehead atoms. The zero-order valence-electron chi connectivity index (χ0n) is 14.0. The fourth-order valence-corrected chi connectivity index (χ4v) is 3.75. The van der Waals surface area contributed by atoms with Gasteiger partial charge in [-0.2, -0.15) is 0 Å². The van der Waals surface area contributed by atoms with Gasteiger partial charge in [0, 0.05) is 11.4 Å². The number of hydrogen-bond donors (Lipinski definition) is 2. The number of carbonyl (C=O) groups excluding carboxylic acids is 1. The van der Waals surface area contributed by atoms with Crippen LogP contribution in [0.3, 0.4) is 0 Å². The summed E-state index contributed by atoms with van der Waals surface area (Å²) in [6.45, 7) is 0.555. The quantitative estimate of drug-likeness (QED) is 0.629. The van der Waals surface area contributed by atoms with Gasteiger partial charge in [0.25, 0.3) is 0 Å². The van der Waals surface area contributed by atoms with Crippen LogP contribution in [0.2, 0.25) is 0 Å². The highest BCUT2D eigenvalue weighted by molar-refractivity contribution is 7.98. The lowest BCUT2D eigenvalue weighted by Crippen LogP contribution is -2.30. The summed E-state index contributed by atoms with van der Waals surface area (Å²) in [4.78, 5) is 17.6. The van der Waals surface area contributed by atoms with Gasteiger partial charge >= 0.3 is 6.03 Å². The van der Waals surface area contributed by atoms with Gasteiger partial charge in [-0.15, -0.1) is 11.8 Å². The summed E-state index contributed by atoms with van der Waals surface area (Å²) in [6.07, 6.45) is 2.80. The number of thioether (sulfide) groups is 1. The van der Waals surface area contributed by atoms with Gasteiger partial charge in [-0.25, -0.2) is 9.78 Å². The minimum Gasteiger partial charge on any atom is -0.497 e. The average Bonchev–Trinajstić information content (AvgIpc) is 3.03. The number of carbonyl (C=O) groups is 1. The average molecular weight is 374 g/mol. The van der Waals surface area contributed by atoms with Crippen molar-refractivity contribution >= 4 is 44.5 Å². The highest BCUT2D eigenvalue weighted by Crippen LogP contribution is 2.29. The van der Waals surface area contributed by atoms with Crippen molar-refractivity contribution in [1.29, 1.82) is 0 Å². The SMILES string of the molecule is COc1ccc(CCNC(=O)Nc2nc3ccc(SC)cc3s2)cc1. The Morgan fingerprint density at radius 2 is 2.04 bits per heavy atom. The molecule has 1 aromatic heterocycles. The van der Waals surface area contributed by atoms with Crippen LogP contribution < -0.4 is 15.4 Å². The summed E-state index contributed by atoms with van der Waals surface area (Å²) in [6, 6.07) is 13.7. The second kappa shape index (κ2) is 8.22. The molecule has 0 atom stereocenters. The van der Waals surface area contributed by atoms with Gasteiger partial charge in [0.1, 0.15) is 5.75 Å². The van der Waals surface area contributed by atoms with E-state index in [1.165, 1.54) is 16.2 Å². The zero-order valence-corrected chi connectivity index (χ0v) is 15.7. The fraction of sp³-hybridized carbons (Fsp3) is 0.222. The maximum absolute atomic E-state index is 12.0. The molecular weight excluding hydrogens is 354 g/mol. The summed E-state index contributed by atoms with van der Waals surface area (Å²) >= 11 is 3.17. The molecule has 0 aliphatic carbocycles.